The lowest BCUT2D eigenvalue weighted by atomic mass is 10.2. The molecule has 4 rings (SSSR count). The summed E-state index contributed by atoms with van der Waals surface area (Å²) >= 11 is 6.20. The SMILES string of the molecule is Cc1ccc(Cl)cc1-n1c(C)cc(/C=N/NC(=O)COc2cccc3cccnc23)c1C. The minimum absolute atomic E-state index is 0.159. The second-order valence-corrected chi connectivity index (χ2v) is 7.94. The average Bonchev–Trinajstić information content (AvgIpc) is 3.07. The van der Waals surface area contributed by atoms with Crippen molar-refractivity contribution in [3.8, 4) is 11.4 Å². The van der Waals surface area contributed by atoms with Gasteiger partial charge in [-0.15, -0.1) is 0 Å². The minimum atomic E-state index is -0.353. The largest absolute Gasteiger partial charge is 0.481 e. The van der Waals surface area contributed by atoms with Gasteiger partial charge >= 0.3 is 0 Å². The maximum Gasteiger partial charge on any atom is 0.277 e. The topological polar surface area (TPSA) is 68.5 Å². The summed E-state index contributed by atoms with van der Waals surface area (Å²) in [5, 5.41) is 5.74. The number of carbonyl (C=O) groups excluding carboxylic acids is 1. The van der Waals surface area contributed by atoms with Crippen LogP contribution in [-0.2, 0) is 4.79 Å². The second-order valence-electron chi connectivity index (χ2n) is 7.51. The standard InChI is InChI=1S/C25H23ClN4O2/c1-16-9-10-21(26)13-22(16)30-17(2)12-20(18(30)3)14-28-29-24(31)15-32-23-8-4-6-19-7-5-11-27-25(19)23/h4-14H,15H2,1-3H3,(H,29,31)/b28-14+. The number of hydrazone groups is 1. The molecule has 0 saturated carbocycles. The van der Waals surface area contributed by atoms with Gasteiger partial charge in [-0.25, -0.2) is 5.43 Å². The molecule has 1 amide bonds. The van der Waals surface area contributed by atoms with Crippen molar-refractivity contribution in [3.05, 3.63) is 88.3 Å². The maximum absolute atomic E-state index is 12.2. The quantitative estimate of drug-likeness (QED) is 0.329. The highest BCUT2D eigenvalue weighted by atomic mass is 35.5. The Morgan fingerprint density at radius 3 is 2.81 bits per heavy atom. The molecule has 0 aliphatic carbocycles. The van der Waals surface area contributed by atoms with Crippen molar-refractivity contribution in [3.63, 3.8) is 0 Å². The number of amides is 1. The molecule has 0 fully saturated rings. The Hall–Kier alpha value is -3.64. The van der Waals surface area contributed by atoms with Gasteiger partial charge < -0.3 is 9.30 Å². The molecule has 0 saturated heterocycles. The highest BCUT2D eigenvalue weighted by Crippen LogP contribution is 2.25. The average molecular weight is 447 g/mol. The third kappa shape index (κ3) is 4.50. The molecule has 0 bridgehead atoms. The van der Waals surface area contributed by atoms with Gasteiger partial charge in [0.2, 0.25) is 0 Å². The van der Waals surface area contributed by atoms with Crippen molar-refractivity contribution in [2.75, 3.05) is 6.61 Å². The number of fused-ring (bicyclic) bond motifs is 1. The molecule has 0 aliphatic heterocycles. The Kier molecular flexibility index (Phi) is 6.23. The van der Waals surface area contributed by atoms with Crippen molar-refractivity contribution in [1.82, 2.24) is 15.0 Å². The second kappa shape index (κ2) is 9.24. The van der Waals surface area contributed by atoms with Crippen LogP contribution < -0.4 is 10.2 Å². The molecule has 0 spiro atoms. The summed E-state index contributed by atoms with van der Waals surface area (Å²) in [5.41, 5.74) is 8.33. The van der Waals surface area contributed by atoms with Crippen LogP contribution in [-0.4, -0.2) is 28.3 Å². The smallest absolute Gasteiger partial charge is 0.277 e. The molecule has 7 heteroatoms. The van der Waals surface area contributed by atoms with Gasteiger partial charge in [0.25, 0.3) is 5.91 Å². The molecule has 2 aromatic heterocycles. The molecule has 4 aromatic rings. The van der Waals surface area contributed by atoms with E-state index in [9.17, 15) is 4.79 Å². The number of ether oxygens (including phenoxy) is 1. The number of benzene rings is 2. The van der Waals surface area contributed by atoms with Crippen molar-refractivity contribution < 1.29 is 9.53 Å². The molecule has 2 heterocycles. The summed E-state index contributed by atoms with van der Waals surface area (Å²) in [6.07, 6.45) is 3.33. The van der Waals surface area contributed by atoms with Crippen LogP contribution in [0.2, 0.25) is 5.02 Å². The number of hydrogen-bond donors (Lipinski definition) is 1. The van der Waals surface area contributed by atoms with E-state index in [1.54, 1.807) is 18.5 Å². The van der Waals surface area contributed by atoms with Gasteiger partial charge in [0.15, 0.2) is 6.61 Å². The number of aromatic nitrogens is 2. The van der Waals surface area contributed by atoms with Crippen molar-refractivity contribution >= 4 is 34.6 Å². The summed E-state index contributed by atoms with van der Waals surface area (Å²) in [6, 6.07) is 17.2. The minimum Gasteiger partial charge on any atom is -0.481 e. The van der Waals surface area contributed by atoms with E-state index in [2.05, 4.69) is 20.1 Å². The number of pyridine rings is 1. The fourth-order valence-corrected chi connectivity index (χ4v) is 3.82. The number of hydrogen-bond acceptors (Lipinski definition) is 4. The summed E-state index contributed by atoms with van der Waals surface area (Å²) in [6.45, 7) is 5.92. The van der Waals surface area contributed by atoms with Gasteiger partial charge in [-0.2, -0.15) is 5.10 Å². The Morgan fingerprint density at radius 2 is 1.97 bits per heavy atom. The van der Waals surface area contributed by atoms with Crippen molar-refractivity contribution in [2.24, 2.45) is 5.10 Å². The van der Waals surface area contributed by atoms with Crippen LogP contribution in [0.25, 0.3) is 16.6 Å². The van der Waals surface area contributed by atoms with Crippen LogP contribution in [0, 0.1) is 20.8 Å². The predicted octanol–water partition coefficient (Wildman–Crippen LogP) is 5.13. The zero-order valence-corrected chi connectivity index (χ0v) is 18.8. The Balaban J connectivity index is 1.43. The molecular formula is C25H23ClN4O2. The van der Waals surface area contributed by atoms with Gasteiger partial charge in [-0.1, -0.05) is 35.9 Å². The Morgan fingerprint density at radius 1 is 1.16 bits per heavy atom. The van der Waals surface area contributed by atoms with Gasteiger partial charge in [0.1, 0.15) is 11.3 Å². The normalized spacial score (nSPS) is 11.2. The Labute approximate surface area is 191 Å². The molecule has 0 aliphatic rings. The maximum atomic E-state index is 12.2. The van der Waals surface area contributed by atoms with Crippen LogP contribution in [0.5, 0.6) is 5.75 Å². The van der Waals surface area contributed by atoms with E-state index in [-0.39, 0.29) is 12.5 Å². The third-order valence-electron chi connectivity index (χ3n) is 5.23. The number of halogens is 1. The first-order valence-corrected chi connectivity index (χ1v) is 10.6. The van der Waals surface area contributed by atoms with Crippen LogP contribution >= 0.6 is 11.6 Å². The fraction of sp³-hybridized carbons (Fsp3) is 0.160. The number of rotatable bonds is 6. The predicted molar refractivity (Wildman–Crippen MR) is 128 cm³/mol. The molecule has 162 valence electrons. The summed E-state index contributed by atoms with van der Waals surface area (Å²) in [5.74, 6) is 0.205. The van der Waals surface area contributed by atoms with E-state index in [0.717, 1.165) is 39.1 Å². The van der Waals surface area contributed by atoms with Crippen LogP contribution in [0.15, 0.2) is 65.9 Å². The summed E-state index contributed by atoms with van der Waals surface area (Å²) in [4.78, 5) is 16.5. The molecular weight excluding hydrogens is 424 g/mol. The number of nitrogens with zero attached hydrogens (tertiary/aromatic N) is 3. The number of nitrogens with one attached hydrogen (secondary N) is 1. The highest BCUT2D eigenvalue weighted by Gasteiger charge is 2.12. The van der Waals surface area contributed by atoms with Crippen LogP contribution in [0.4, 0.5) is 0 Å². The van der Waals surface area contributed by atoms with Gasteiger partial charge in [0, 0.05) is 39.2 Å². The van der Waals surface area contributed by atoms with E-state index in [0.29, 0.717) is 10.8 Å². The first-order chi connectivity index (χ1) is 15.4. The first-order valence-electron chi connectivity index (χ1n) is 10.2. The van der Waals surface area contributed by atoms with Crippen molar-refractivity contribution in [2.45, 2.75) is 20.8 Å². The van der Waals surface area contributed by atoms with E-state index in [4.69, 9.17) is 16.3 Å². The molecule has 2 aromatic carbocycles. The number of aryl methyl sites for hydroxylation is 2. The molecule has 32 heavy (non-hydrogen) atoms. The molecule has 6 nitrogen and oxygen atoms in total. The lowest BCUT2D eigenvalue weighted by molar-refractivity contribution is -0.123. The summed E-state index contributed by atoms with van der Waals surface area (Å²) < 4.78 is 7.77. The molecule has 0 unspecified atom stereocenters. The molecule has 0 atom stereocenters. The van der Waals surface area contributed by atoms with Gasteiger partial charge in [0.05, 0.1) is 6.21 Å². The zero-order valence-electron chi connectivity index (χ0n) is 18.1. The third-order valence-corrected chi connectivity index (χ3v) is 5.46. The van der Waals surface area contributed by atoms with E-state index >= 15 is 0 Å². The lowest BCUT2D eigenvalue weighted by Crippen LogP contribution is -2.24. The first kappa shape index (κ1) is 21.6. The van der Waals surface area contributed by atoms with E-state index in [1.807, 2.05) is 69.3 Å². The van der Waals surface area contributed by atoms with Crippen LogP contribution in [0.3, 0.4) is 0 Å². The fourth-order valence-electron chi connectivity index (χ4n) is 3.65. The van der Waals surface area contributed by atoms with Gasteiger partial charge in [-0.3, -0.25) is 9.78 Å². The monoisotopic (exact) mass is 446 g/mol. The zero-order chi connectivity index (χ0) is 22.7. The molecule has 1 N–H and O–H groups in total. The van der Waals surface area contributed by atoms with Crippen LogP contribution in [0.1, 0.15) is 22.5 Å². The highest BCUT2D eigenvalue weighted by molar-refractivity contribution is 6.30. The van der Waals surface area contributed by atoms with Gasteiger partial charge in [-0.05, 0) is 56.7 Å². The van der Waals surface area contributed by atoms with E-state index in [1.165, 1.54) is 0 Å². The Bertz CT molecular complexity index is 1320. The summed E-state index contributed by atoms with van der Waals surface area (Å²) in [7, 11) is 0. The van der Waals surface area contributed by atoms with E-state index < -0.39 is 0 Å². The van der Waals surface area contributed by atoms with Crippen molar-refractivity contribution in [1.29, 1.82) is 0 Å². The molecule has 0 radical (unpaired) electrons. The lowest BCUT2D eigenvalue weighted by Gasteiger charge is -2.13. The number of carbonyl (C=O) groups is 1. The number of para-hydroxylation sites is 1.